The van der Waals surface area contributed by atoms with Crippen LogP contribution in [-0.4, -0.2) is 22.9 Å². The molecule has 2 aromatic heterocycles. The average molecular weight is 268 g/mol. The lowest BCUT2D eigenvalue weighted by atomic mass is 9.96. The summed E-state index contributed by atoms with van der Waals surface area (Å²) >= 11 is 0. The lowest BCUT2D eigenvalue weighted by Gasteiger charge is -2.09. The molecule has 0 fully saturated rings. The highest BCUT2D eigenvalue weighted by molar-refractivity contribution is 5.88. The predicted molar refractivity (Wildman–Crippen MR) is 74.8 cm³/mol. The molecule has 0 radical (unpaired) electrons. The van der Waals surface area contributed by atoms with Gasteiger partial charge in [0.15, 0.2) is 0 Å². The van der Waals surface area contributed by atoms with Crippen LogP contribution in [0.15, 0.2) is 36.7 Å². The third kappa shape index (κ3) is 2.41. The van der Waals surface area contributed by atoms with Gasteiger partial charge in [0.2, 0.25) is 5.88 Å². The van der Waals surface area contributed by atoms with Crippen molar-refractivity contribution in [3.8, 4) is 5.88 Å². The normalized spacial score (nSPS) is 16.8. The van der Waals surface area contributed by atoms with Crippen LogP contribution in [0.2, 0.25) is 0 Å². The molecule has 1 aliphatic rings. The number of methoxy groups -OCH3 is 1. The number of hydrogen-bond donors (Lipinski definition) is 0. The third-order valence-corrected chi connectivity index (χ3v) is 3.73. The predicted octanol–water partition coefficient (Wildman–Crippen LogP) is 2.33. The highest BCUT2D eigenvalue weighted by Crippen LogP contribution is 2.32. The van der Waals surface area contributed by atoms with E-state index in [-0.39, 0.29) is 11.7 Å². The summed E-state index contributed by atoms with van der Waals surface area (Å²) in [7, 11) is 1.58. The zero-order valence-corrected chi connectivity index (χ0v) is 11.4. The van der Waals surface area contributed by atoms with Gasteiger partial charge in [-0.05, 0) is 30.0 Å². The number of ketones is 1. The number of pyridine rings is 2. The molecule has 1 aliphatic carbocycles. The van der Waals surface area contributed by atoms with Crippen LogP contribution in [0.5, 0.6) is 5.88 Å². The van der Waals surface area contributed by atoms with Gasteiger partial charge in [-0.2, -0.15) is 0 Å². The second kappa shape index (κ2) is 5.41. The Hall–Kier alpha value is -2.23. The second-order valence-corrected chi connectivity index (χ2v) is 4.99. The second-order valence-electron chi connectivity index (χ2n) is 4.99. The molecule has 4 heteroatoms. The molecule has 1 unspecified atom stereocenters. The summed E-state index contributed by atoms with van der Waals surface area (Å²) in [6, 6.07) is 7.66. The first-order chi connectivity index (χ1) is 9.78. The SMILES string of the molecule is COc1ccc(CC(=O)C2CCc3cccnc32)cn1. The molecule has 102 valence electrons. The molecule has 0 N–H and O–H groups in total. The van der Waals surface area contributed by atoms with Crippen molar-refractivity contribution >= 4 is 5.78 Å². The van der Waals surface area contributed by atoms with Crippen LogP contribution in [0.3, 0.4) is 0 Å². The lowest BCUT2D eigenvalue weighted by molar-refractivity contribution is -0.119. The van der Waals surface area contributed by atoms with Crippen LogP contribution in [0, 0.1) is 0 Å². The van der Waals surface area contributed by atoms with Crippen LogP contribution in [0.4, 0.5) is 0 Å². The van der Waals surface area contributed by atoms with E-state index in [2.05, 4.69) is 16.0 Å². The number of nitrogens with zero attached hydrogens (tertiary/aromatic N) is 2. The molecule has 0 saturated heterocycles. The number of hydrogen-bond acceptors (Lipinski definition) is 4. The average Bonchev–Trinajstić information content (AvgIpc) is 2.92. The Morgan fingerprint density at radius 3 is 3.00 bits per heavy atom. The molecule has 4 nitrogen and oxygen atoms in total. The summed E-state index contributed by atoms with van der Waals surface area (Å²) in [5, 5.41) is 0. The van der Waals surface area contributed by atoms with Crippen molar-refractivity contribution in [3.63, 3.8) is 0 Å². The van der Waals surface area contributed by atoms with Crippen molar-refractivity contribution < 1.29 is 9.53 Å². The van der Waals surface area contributed by atoms with E-state index in [0.29, 0.717) is 12.3 Å². The molecule has 0 saturated carbocycles. The van der Waals surface area contributed by atoms with Crippen molar-refractivity contribution in [3.05, 3.63) is 53.5 Å². The van der Waals surface area contributed by atoms with Crippen LogP contribution < -0.4 is 4.74 Å². The maximum Gasteiger partial charge on any atom is 0.212 e. The number of Topliss-reactive ketones (excluding diaryl/α,β-unsaturated/α-hetero) is 1. The van der Waals surface area contributed by atoms with E-state index in [1.807, 2.05) is 12.1 Å². The maximum absolute atomic E-state index is 12.4. The molecule has 0 spiro atoms. The van der Waals surface area contributed by atoms with E-state index in [0.717, 1.165) is 24.1 Å². The number of carbonyl (C=O) groups excluding carboxylic acids is 1. The summed E-state index contributed by atoms with van der Waals surface area (Å²) in [6.45, 7) is 0. The minimum absolute atomic E-state index is 0.0618. The quantitative estimate of drug-likeness (QED) is 0.854. The molecule has 0 aliphatic heterocycles. The van der Waals surface area contributed by atoms with Crippen molar-refractivity contribution in [1.82, 2.24) is 9.97 Å². The highest BCUT2D eigenvalue weighted by Gasteiger charge is 2.29. The van der Waals surface area contributed by atoms with Crippen molar-refractivity contribution in [2.45, 2.75) is 25.2 Å². The molecule has 3 rings (SSSR count). The first-order valence-corrected chi connectivity index (χ1v) is 6.73. The Bertz CT molecular complexity index is 623. The fourth-order valence-corrected chi connectivity index (χ4v) is 2.69. The van der Waals surface area contributed by atoms with Gasteiger partial charge in [0.25, 0.3) is 0 Å². The molecule has 2 aromatic rings. The molecular weight excluding hydrogens is 252 g/mol. The molecular formula is C16H16N2O2. The smallest absolute Gasteiger partial charge is 0.212 e. The van der Waals surface area contributed by atoms with Crippen molar-refractivity contribution in [2.75, 3.05) is 7.11 Å². The van der Waals surface area contributed by atoms with Crippen LogP contribution in [-0.2, 0) is 17.6 Å². The zero-order chi connectivity index (χ0) is 13.9. The summed E-state index contributed by atoms with van der Waals surface area (Å²) in [5.74, 6) is 0.719. The number of ether oxygens (including phenoxy) is 1. The summed E-state index contributed by atoms with van der Waals surface area (Å²) in [6.07, 6.45) is 5.68. The maximum atomic E-state index is 12.4. The van der Waals surface area contributed by atoms with Crippen LogP contribution in [0.25, 0.3) is 0 Å². The van der Waals surface area contributed by atoms with Crippen LogP contribution in [0.1, 0.15) is 29.2 Å². The highest BCUT2D eigenvalue weighted by atomic mass is 16.5. The number of carbonyl (C=O) groups is 1. The largest absolute Gasteiger partial charge is 0.481 e. The number of aromatic nitrogens is 2. The lowest BCUT2D eigenvalue weighted by Crippen LogP contribution is -2.13. The first kappa shape index (κ1) is 12.8. The number of rotatable bonds is 4. The Labute approximate surface area is 117 Å². The molecule has 0 aromatic carbocycles. The Kier molecular flexibility index (Phi) is 3.46. The monoisotopic (exact) mass is 268 g/mol. The summed E-state index contributed by atoms with van der Waals surface area (Å²) in [5.41, 5.74) is 3.08. The van der Waals surface area contributed by atoms with Gasteiger partial charge >= 0.3 is 0 Å². The van der Waals surface area contributed by atoms with Gasteiger partial charge in [-0.25, -0.2) is 4.98 Å². The zero-order valence-electron chi connectivity index (χ0n) is 11.4. The summed E-state index contributed by atoms with van der Waals surface area (Å²) in [4.78, 5) is 20.9. The fourth-order valence-electron chi connectivity index (χ4n) is 2.69. The Morgan fingerprint density at radius 1 is 1.35 bits per heavy atom. The molecule has 0 bridgehead atoms. The number of fused-ring (bicyclic) bond motifs is 1. The van der Waals surface area contributed by atoms with E-state index >= 15 is 0 Å². The van der Waals surface area contributed by atoms with Crippen molar-refractivity contribution in [1.29, 1.82) is 0 Å². The fraction of sp³-hybridized carbons (Fsp3) is 0.312. The van der Waals surface area contributed by atoms with E-state index in [4.69, 9.17) is 4.74 Å². The summed E-state index contributed by atoms with van der Waals surface area (Å²) < 4.78 is 5.01. The molecule has 2 heterocycles. The van der Waals surface area contributed by atoms with Gasteiger partial charge in [-0.1, -0.05) is 12.1 Å². The van der Waals surface area contributed by atoms with E-state index in [1.165, 1.54) is 5.56 Å². The molecule has 0 amide bonds. The molecule has 1 atom stereocenters. The van der Waals surface area contributed by atoms with Crippen LogP contribution >= 0.6 is 0 Å². The van der Waals surface area contributed by atoms with Gasteiger partial charge in [-0.3, -0.25) is 9.78 Å². The minimum Gasteiger partial charge on any atom is -0.481 e. The van der Waals surface area contributed by atoms with Gasteiger partial charge in [0, 0.05) is 24.9 Å². The number of aryl methyl sites for hydroxylation is 1. The standard InChI is InChI=1S/C16H16N2O2/c1-20-15-7-4-11(10-18-15)9-14(19)13-6-5-12-3-2-8-17-16(12)13/h2-4,7-8,10,13H,5-6,9H2,1H3. The van der Waals surface area contributed by atoms with E-state index < -0.39 is 0 Å². The topological polar surface area (TPSA) is 52.1 Å². The van der Waals surface area contributed by atoms with Gasteiger partial charge in [0.1, 0.15) is 5.78 Å². The minimum atomic E-state index is -0.0618. The van der Waals surface area contributed by atoms with E-state index in [9.17, 15) is 4.79 Å². The first-order valence-electron chi connectivity index (χ1n) is 6.73. The molecule has 20 heavy (non-hydrogen) atoms. The van der Waals surface area contributed by atoms with E-state index in [1.54, 1.807) is 25.6 Å². The van der Waals surface area contributed by atoms with Crippen molar-refractivity contribution in [2.24, 2.45) is 0 Å². The van der Waals surface area contributed by atoms with Gasteiger partial charge in [0.05, 0.1) is 18.7 Å². The Morgan fingerprint density at radius 2 is 2.25 bits per heavy atom. The van der Waals surface area contributed by atoms with Gasteiger partial charge in [-0.15, -0.1) is 0 Å². The Balaban J connectivity index is 1.74. The third-order valence-electron chi connectivity index (χ3n) is 3.73. The van der Waals surface area contributed by atoms with Gasteiger partial charge < -0.3 is 4.74 Å².